The molecule has 0 amide bonds. The zero-order valence-corrected chi connectivity index (χ0v) is 14.0. The molecule has 0 spiro atoms. The van der Waals surface area contributed by atoms with Crippen LogP contribution in [0.5, 0.6) is 0 Å². The van der Waals surface area contributed by atoms with Gasteiger partial charge in [0.05, 0.1) is 0 Å². The average molecular weight is 289 g/mol. The van der Waals surface area contributed by atoms with Crippen LogP contribution in [0.15, 0.2) is 30.3 Å². The third-order valence-electron chi connectivity index (χ3n) is 4.68. The SMILES string of the molecule is CC(C)NCC(C)C(C)N1CCN(c2ccccc2)CC1. The van der Waals surface area contributed by atoms with Crippen molar-refractivity contribution in [3.8, 4) is 0 Å². The second-order valence-electron chi connectivity index (χ2n) is 6.64. The summed E-state index contributed by atoms with van der Waals surface area (Å²) in [6, 6.07) is 12.0. The molecule has 0 bridgehead atoms. The molecule has 0 radical (unpaired) electrons. The van der Waals surface area contributed by atoms with E-state index in [9.17, 15) is 0 Å². The summed E-state index contributed by atoms with van der Waals surface area (Å²) < 4.78 is 0. The van der Waals surface area contributed by atoms with Gasteiger partial charge in [0.2, 0.25) is 0 Å². The molecule has 0 aliphatic carbocycles. The van der Waals surface area contributed by atoms with E-state index < -0.39 is 0 Å². The number of nitrogens with one attached hydrogen (secondary N) is 1. The molecule has 1 aromatic carbocycles. The van der Waals surface area contributed by atoms with Crippen LogP contribution >= 0.6 is 0 Å². The highest BCUT2D eigenvalue weighted by Crippen LogP contribution is 2.18. The molecule has 0 saturated carbocycles. The Morgan fingerprint density at radius 3 is 2.14 bits per heavy atom. The Morgan fingerprint density at radius 1 is 0.952 bits per heavy atom. The van der Waals surface area contributed by atoms with E-state index in [1.807, 2.05) is 0 Å². The van der Waals surface area contributed by atoms with Crippen LogP contribution in [0.3, 0.4) is 0 Å². The van der Waals surface area contributed by atoms with E-state index in [4.69, 9.17) is 0 Å². The number of benzene rings is 1. The molecule has 118 valence electrons. The van der Waals surface area contributed by atoms with E-state index in [2.05, 4.69) is 73.1 Å². The number of anilines is 1. The van der Waals surface area contributed by atoms with E-state index in [0.717, 1.165) is 19.6 Å². The number of hydrogen-bond donors (Lipinski definition) is 1. The molecular formula is C18H31N3. The first-order valence-corrected chi connectivity index (χ1v) is 8.35. The molecule has 21 heavy (non-hydrogen) atoms. The fraction of sp³-hybridized carbons (Fsp3) is 0.667. The molecule has 3 nitrogen and oxygen atoms in total. The monoisotopic (exact) mass is 289 g/mol. The van der Waals surface area contributed by atoms with Crippen LogP contribution in [0, 0.1) is 5.92 Å². The number of hydrogen-bond acceptors (Lipinski definition) is 3. The Bertz CT molecular complexity index is 396. The van der Waals surface area contributed by atoms with Gasteiger partial charge in [-0.25, -0.2) is 0 Å². The van der Waals surface area contributed by atoms with Gasteiger partial charge in [-0.3, -0.25) is 4.90 Å². The first kappa shape index (κ1) is 16.3. The summed E-state index contributed by atoms with van der Waals surface area (Å²) in [7, 11) is 0. The number of para-hydroxylation sites is 1. The van der Waals surface area contributed by atoms with Crippen LogP contribution in [0.2, 0.25) is 0 Å². The van der Waals surface area contributed by atoms with E-state index in [-0.39, 0.29) is 0 Å². The smallest absolute Gasteiger partial charge is 0.0367 e. The second kappa shape index (κ2) is 7.81. The van der Waals surface area contributed by atoms with Crippen molar-refractivity contribution in [3.05, 3.63) is 30.3 Å². The lowest BCUT2D eigenvalue weighted by Crippen LogP contribution is -2.52. The van der Waals surface area contributed by atoms with Crippen molar-refractivity contribution in [2.24, 2.45) is 5.92 Å². The molecule has 1 heterocycles. The van der Waals surface area contributed by atoms with Crippen molar-refractivity contribution in [3.63, 3.8) is 0 Å². The molecule has 1 saturated heterocycles. The van der Waals surface area contributed by atoms with Crippen LogP contribution in [0.25, 0.3) is 0 Å². The fourth-order valence-corrected chi connectivity index (χ4v) is 2.98. The van der Waals surface area contributed by atoms with Gasteiger partial charge in [0.15, 0.2) is 0 Å². The van der Waals surface area contributed by atoms with Crippen LogP contribution in [-0.4, -0.2) is 49.7 Å². The second-order valence-corrected chi connectivity index (χ2v) is 6.64. The summed E-state index contributed by atoms with van der Waals surface area (Å²) in [5, 5.41) is 3.56. The topological polar surface area (TPSA) is 18.5 Å². The van der Waals surface area contributed by atoms with Gasteiger partial charge in [-0.1, -0.05) is 39.0 Å². The molecule has 2 rings (SSSR count). The molecule has 1 aliphatic rings. The summed E-state index contributed by atoms with van der Waals surface area (Å²) in [6.45, 7) is 14.9. The molecule has 1 N–H and O–H groups in total. The zero-order chi connectivity index (χ0) is 15.2. The minimum absolute atomic E-state index is 0.578. The van der Waals surface area contributed by atoms with Crippen molar-refractivity contribution in [2.75, 3.05) is 37.6 Å². The van der Waals surface area contributed by atoms with Crippen molar-refractivity contribution in [1.82, 2.24) is 10.2 Å². The maximum atomic E-state index is 3.56. The van der Waals surface area contributed by atoms with Gasteiger partial charge in [0, 0.05) is 44.0 Å². The lowest BCUT2D eigenvalue weighted by Gasteiger charge is -2.41. The van der Waals surface area contributed by atoms with E-state index in [0.29, 0.717) is 18.0 Å². The summed E-state index contributed by atoms with van der Waals surface area (Å²) in [4.78, 5) is 5.15. The highest BCUT2D eigenvalue weighted by molar-refractivity contribution is 5.46. The van der Waals surface area contributed by atoms with Gasteiger partial charge in [0.25, 0.3) is 0 Å². The lowest BCUT2D eigenvalue weighted by atomic mass is 10.0. The fourth-order valence-electron chi connectivity index (χ4n) is 2.98. The molecule has 1 fully saturated rings. The predicted molar refractivity (Wildman–Crippen MR) is 92.0 cm³/mol. The highest BCUT2D eigenvalue weighted by atomic mass is 15.3. The Kier molecular flexibility index (Phi) is 6.07. The number of nitrogens with zero attached hydrogens (tertiary/aromatic N) is 2. The van der Waals surface area contributed by atoms with E-state index >= 15 is 0 Å². The summed E-state index contributed by atoms with van der Waals surface area (Å²) >= 11 is 0. The number of piperazine rings is 1. The first-order valence-electron chi connectivity index (χ1n) is 8.35. The maximum absolute atomic E-state index is 3.56. The standard InChI is InChI=1S/C18H31N3/c1-15(2)19-14-16(3)17(4)20-10-12-21(13-11-20)18-8-6-5-7-9-18/h5-9,15-17,19H,10-14H2,1-4H3. The van der Waals surface area contributed by atoms with Gasteiger partial charge in [-0.2, -0.15) is 0 Å². The van der Waals surface area contributed by atoms with Crippen molar-refractivity contribution >= 4 is 5.69 Å². The molecule has 1 aromatic rings. The minimum atomic E-state index is 0.578. The lowest BCUT2D eigenvalue weighted by molar-refractivity contribution is 0.150. The largest absolute Gasteiger partial charge is 0.369 e. The highest BCUT2D eigenvalue weighted by Gasteiger charge is 2.24. The van der Waals surface area contributed by atoms with Gasteiger partial charge in [-0.15, -0.1) is 0 Å². The van der Waals surface area contributed by atoms with Crippen molar-refractivity contribution < 1.29 is 0 Å². The van der Waals surface area contributed by atoms with Gasteiger partial charge >= 0.3 is 0 Å². The van der Waals surface area contributed by atoms with Gasteiger partial charge in [0.1, 0.15) is 0 Å². The van der Waals surface area contributed by atoms with Gasteiger partial charge < -0.3 is 10.2 Å². The Labute approximate surface area is 130 Å². The average Bonchev–Trinajstić information content (AvgIpc) is 2.53. The molecule has 0 aromatic heterocycles. The minimum Gasteiger partial charge on any atom is -0.369 e. The zero-order valence-electron chi connectivity index (χ0n) is 14.0. The molecule has 2 unspecified atom stereocenters. The van der Waals surface area contributed by atoms with Crippen LogP contribution in [0.1, 0.15) is 27.7 Å². The number of rotatable bonds is 6. The first-order chi connectivity index (χ1) is 10.1. The Morgan fingerprint density at radius 2 is 1.57 bits per heavy atom. The molecule has 2 atom stereocenters. The van der Waals surface area contributed by atoms with Crippen LogP contribution < -0.4 is 10.2 Å². The van der Waals surface area contributed by atoms with Crippen molar-refractivity contribution in [1.29, 1.82) is 0 Å². The predicted octanol–water partition coefficient (Wildman–Crippen LogP) is 2.83. The molecule has 1 aliphatic heterocycles. The summed E-state index contributed by atoms with van der Waals surface area (Å²) in [6.07, 6.45) is 0. The van der Waals surface area contributed by atoms with Crippen LogP contribution in [0.4, 0.5) is 5.69 Å². The third-order valence-corrected chi connectivity index (χ3v) is 4.68. The van der Waals surface area contributed by atoms with E-state index in [1.54, 1.807) is 0 Å². The maximum Gasteiger partial charge on any atom is 0.0367 e. The quantitative estimate of drug-likeness (QED) is 0.869. The van der Waals surface area contributed by atoms with Gasteiger partial charge in [-0.05, 0) is 31.5 Å². The molecule has 3 heteroatoms. The molecular weight excluding hydrogens is 258 g/mol. The van der Waals surface area contributed by atoms with Crippen LogP contribution in [-0.2, 0) is 0 Å². The summed E-state index contributed by atoms with van der Waals surface area (Å²) in [5.74, 6) is 0.690. The Balaban J connectivity index is 1.80. The van der Waals surface area contributed by atoms with E-state index in [1.165, 1.54) is 18.8 Å². The van der Waals surface area contributed by atoms with Crippen molar-refractivity contribution in [2.45, 2.75) is 39.8 Å². The normalized spacial score (nSPS) is 19.8. The third kappa shape index (κ3) is 4.72. The Hall–Kier alpha value is -1.06. The summed E-state index contributed by atoms with van der Waals surface area (Å²) in [5.41, 5.74) is 1.36.